The summed E-state index contributed by atoms with van der Waals surface area (Å²) in [6, 6.07) is 9.11. The minimum Gasteiger partial charge on any atom is -0.382 e. The lowest BCUT2D eigenvalue weighted by Crippen LogP contribution is -2.29. The lowest BCUT2D eigenvalue weighted by atomic mass is 10.0. The maximum atomic E-state index is 12.3. The van der Waals surface area contributed by atoms with Crippen LogP contribution in [0.5, 0.6) is 0 Å². The molecule has 0 spiro atoms. The van der Waals surface area contributed by atoms with E-state index in [9.17, 15) is 4.79 Å². The van der Waals surface area contributed by atoms with Crippen molar-refractivity contribution in [2.24, 2.45) is 12.2 Å². The van der Waals surface area contributed by atoms with Crippen molar-refractivity contribution in [1.82, 2.24) is 9.78 Å². The highest BCUT2D eigenvalue weighted by Crippen LogP contribution is 2.20. The molecule has 23 heavy (non-hydrogen) atoms. The number of nitrogens with zero attached hydrogens (tertiary/aromatic N) is 4. The third-order valence-corrected chi connectivity index (χ3v) is 3.69. The molecule has 1 aliphatic heterocycles. The minimum absolute atomic E-state index is 0.290. The van der Waals surface area contributed by atoms with E-state index in [1.807, 2.05) is 18.2 Å². The summed E-state index contributed by atoms with van der Waals surface area (Å²) in [6.07, 6.45) is 0.982. The number of rotatable bonds is 3. The van der Waals surface area contributed by atoms with Gasteiger partial charge in [0.2, 0.25) is 6.10 Å². The van der Waals surface area contributed by atoms with Gasteiger partial charge in [-0.3, -0.25) is 9.48 Å². The number of carbonyl (C=O) groups excluding carboxylic acids is 1. The van der Waals surface area contributed by atoms with Crippen molar-refractivity contribution < 1.29 is 9.63 Å². The molecule has 2 heterocycles. The minimum atomic E-state index is -0.748. The Morgan fingerprint density at radius 2 is 2.22 bits per heavy atom. The quantitative estimate of drug-likeness (QED) is 0.933. The van der Waals surface area contributed by atoms with Crippen molar-refractivity contribution in [3.05, 3.63) is 46.6 Å². The second-order valence-corrected chi connectivity index (χ2v) is 5.41. The molecule has 1 aromatic heterocycles. The molecule has 1 N–H and O–H groups in total. The molecule has 1 amide bonds. The summed E-state index contributed by atoms with van der Waals surface area (Å²) in [6.45, 7) is 0. The largest absolute Gasteiger partial charge is 0.382 e. The normalized spacial score (nSPS) is 16.4. The van der Waals surface area contributed by atoms with E-state index in [1.165, 1.54) is 10.9 Å². The van der Waals surface area contributed by atoms with Gasteiger partial charge in [0.25, 0.3) is 5.91 Å². The van der Waals surface area contributed by atoms with Crippen molar-refractivity contribution in [2.45, 2.75) is 12.5 Å². The Bertz CT molecular complexity index is 819. The van der Waals surface area contributed by atoms with Gasteiger partial charge in [0.05, 0.1) is 11.9 Å². The number of aryl methyl sites for hydroxylation is 1. The van der Waals surface area contributed by atoms with E-state index in [4.69, 9.17) is 21.7 Å². The third kappa shape index (κ3) is 3.03. The van der Waals surface area contributed by atoms with Crippen LogP contribution in [0.15, 0.2) is 35.6 Å². The lowest BCUT2D eigenvalue weighted by molar-refractivity contribution is -0.125. The van der Waals surface area contributed by atoms with Crippen LogP contribution in [0.1, 0.15) is 17.5 Å². The zero-order chi connectivity index (χ0) is 16.4. The molecule has 3 rings (SSSR count). The number of oxime groups is 1. The van der Waals surface area contributed by atoms with Crippen molar-refractivity contribution in [1.29, 1.82) is 5.26 Å². The molecule has 116 valence electrons. The predicted molar refractivity (Wildman–Crippen MR) is 84.0 cm³/mol. The molecule has 0 bridgehead atoms. The van der Waals surface area contributed by atoms with Crippen LogP contribution in [0.3, 0.4) is 0 Å². The Morgan fingerprint density at radius 1 is 1.48 bits per heavy atom. The first-order chi connectivity index (χ1) is 11.1. The number of amides is 1. The first kappa shape index (κ1) is 15.1. The molecule has 1 aromatic carbocycles. The van der Waals surface area contributed by atoms with Gasteiger partial charge in [-0.05, 0) is 17.7 Å². The first-order valence-corrected chi connectivity index (χ1v) is 7.18. The number of anilines is 1. The van der Waals surface area contributed by atoms with Crippen LogP contribution in [0.4, 0.5) is 5.82 Å². The fourth-order valence-corrected chi connectivity index (χ4v) is 2.32. The summed E-state index contributed by atoms with van der Waals surface area (Å²) in [5.74, 6) is -0.0427. The van der Waals surface area contributed by atoms with Crippen molar-refractivity contribution in [3.63, 3.8) is 0 Å². The highest BCUT2D eigenvalue weighted by Gasteiger charge is 2.30. The maximum absolute atomic E-state index is 12.3. The van der Waals surface area contributed by atoms with Crippen molar-refractivity contribution in [2.75, 3.05) is 5.32 Å². The number of carbonyl (C=O) groups is 1. The van der Waals surface area contributed by atoms with Crippen LogP contribution in [0, 0.1) is 11.3 Å². The van der Waals surface area contributed by atoms with E-state index in [-0.39, 0.29) is 11.5 Å². The predicted octanol–water partition coefficient (Wildman–Crippen LogP) is 2.08. The van der Waals surface area contributed by atoms with E-state index in [2.05, 4.69) is 15.6 Å². The number of hydrogen-bond donors (Lipinski definition) is 1. The van der Waals surface area contributed by atoms with E-state index in [1.54, 1.807) is 19.2 Å². The van der Waals surface area contributed by atoms with E-state index < -0.39 is 6.10 Å². The van der Waals surface area contributed by atoms with E-state index in [0.717, 1.165) is 5.56 Å². The standard InChI is InChI=1S/C15H12ClN5O2/c1-21-14(10(7-17)8-18-21)19-15(22)13-6-12(20-23-13)9-2-4-11(16)5-3-9/h2-5,8,13H,6H2,1H3,(H,19,22)/t13-/m1/s1. The maximum Gasteiger partial charge on any atom is 0.269 e. The summed E-state index contributed by atoms with van der Waals surface area (Å²) in [7, 11) is 1.64. The van der Waals surface area contributed by atoms with Crippen LogP contribution < -0.4 is 5.32 Å². The van der Waals surface area contributed by atoms with Crippen LogP contribution in [-0.4, -0.2) is 27.5 Å². The van der Waals surface area contributed by atoms with Gasteiger partial charge in [-0.1, -0.05) is 28.9 Å². The number of nitriles is 1. The van der Waals surface area contributed by atoms with Crippen molar-refractivity contribution in [3.8, 4) is 6.07 Å². The second-order valence-electron chi connectivity index (χ2n) is 4.97. The summed E-state index contributed by atoms with van der Waals surface area (Å²) in [5.41, 5.74) is 1.81. The average molecular weight is 330 g/mol. The highest BCUT2D eigenvalue weighted by atomic mass is 35.5. The van der Waals surface area contributed by atoms with Crippen LogP contribution in [-0.2, 0) is 16.7 Å². The first-order valence-electron chi connectivity index (χ1n) is 6.80. The molecule has 1 aliphatic rings. The molecule has 7 nitrogen and oxygen atoms in total. The van der Waals surface area contributed by atoms with Crippen LogP contribution in [0.2, 0.25) is 5.02 Å². The number of nitrogens with one attached hydrogen (secondary N) is 1. The SMILES string of the molecule is Cn1ncc(C#N)c1NC(=O)[C@H]1CC(c2ccc(Cl)cc2)=NO1. The molecule has 0 fully saturated rings. The Kier molecular flexibility index (Phi) is 4.00. The molecule has 0 saturated carbocycles. The van der Waals surface area contributed by atoms with Gasteiger partial charge >= 0.3 is 0 Å². The van der Waals surface area contributed by atoms with Gasteiger partial charge in [-0.25, -0.2) is 0 Å². The summed E-state index contributed by atoms with van der Waals surface area (Å²) in [5, 5.41) is 20.2. The Balaban J connectivity index is 1.68. The molecule has 0 unspecified atom stereocenters. The Hall–Kier alpha value is -2.85. The fourth-order valence-electron chi connectivity index (χ4n) is 2.20. The Labute approximate surface area is 137 Å². The summed E-state index contributed by atoms with van der Waals surface area (Å²) >= 11 is 5.85. The van der Waals surface area contributed by atoms with Gasteiger partial charge in [0.1, 0.15) is 17.5 Å². The molecular weight excluding hydrogens is 318 g/mol. The third-order valence-electron chi connectivity index (χ3n) is 3.44. The monoisotopic (exact) mass is 329 g/mol. The molecule has 0 saturated heterocycles. The zero-order valence-electron chi connectivity index (χ0n) is 12.2. The molecule has 2 aromatic rings. The van der Waals surface area contributed by atoms with E-state index >= 15 is 0 Å². The van der Waals surface area contributed by atoms with Gasteiger partial charge in [-0.15, -0.1) is 0 Å². The number of halogens is 1. The molecular formula is C15H12ClN5O2. The molecule has 0 radical (unpaired) electrons. The van der Waals surface area contributed by atoms with Crippen molar-refractivity contribution >= 4 is 29.0 Å². The zero-order valence-corrected chi connectivity index (χ0v) is 12.9. The van der Waals surface area contributed by atoms with Crippen LogP contribution >= 0.6 is 11.6 Å². The number of aromatic nitrogens is 2. The van der Waals surface area contributed by atoms with Gasteiger partial charge < -0.3 is 10.2 Å². The summed E-state index contributed by atoms with van der Waals surface area (Å²) in [4.78, 5) is 17.5. The van der Waals surface area contributed by atoms with E-state index in [0.29, 0.717) is 23.0 Å². The second kappa shape index (κ2) is 6.10. The number of hydrogen-bond acceptors (Lipinski definition) is 5. The fraction of sp³-hybridized carbons (Fsp3) is 0.200. The van der Waals surface area contributed by atoms with Gasteiger partial charge in [-0.2, -0.15) is 10.4 Å². The summed E-state index contributed by atoms with van der Waals surface area (Å²) < 4.78 is 1.42. The van der Waals surface area contributed by atoms with Crippen LogP contribution in [0.25, 0.3) is 0 Å². The molecule has 8 heteroatoms. The molecule has 0 aliphatic carbocycles. The smallest absolute Gasteiger partial charge is 0.269 e. The Morgan fingerprint density at radius 3 is 2.91 bits per heavy atom. The number of benzene rings is 1. The molecule has 1 atom stereocenters. The highest BCUT2D eigenvalue weighted by molar-refractivity contribution is 6.30. The average Bonchev–Trinajstić information content (AvgIpc) is 3.16. The van der Waals surface area contributed by atoms with Gasteiger partial charge in [0.15, 0.2) is 0 Å². The lowest BCUT2D eigenvalue weighted by Gasteiger charge is -2.09. The van der Waals surface area contributed by atoms with Gasteiger partial charge in [0, 0.05) is 18.5 Å². The topological polar surface area (TPSA) is 92.3 Å².